The molecule has 2 rings (SSSR count). The highest BCUT2D eigenvalue weighted by Gasteiger charge is 2.03. The first-order valence-corrected chi connectivity index (χ1v) is 6.05. The van der Waals surface area contributed by atoms with Crippen LogP contribution in [0.15, 0.2) is 36.9 Å². The number of imidazole rings is 1. The van der Waals surface area contributed by atoms with E-state index in [1.807, 2.05) is 29.0 Å². The molecule has 0 aliphatic rings. The van der Waals surface area contributed by atoms with E-state index in [0.29, 0.717) is 6.04 Å². The SMILES string of the molecule is CC(C)NCc1ccc(-n2ccnc2)cc1Cl. The topological polar surface area (TPSA) is 29.9 Å². The summed E-state index contributed by atoms with van der Waals surface area (Å²) in [6, 6.07) is 6.51. The average molecular weight is 250 g/mol. The lowest BCUT2D eigenvalue weighted by Gasteiger charge is -2.11. The van der Waals surface area contributed by atoms with Crippen LogP contribution in [0.3, 0.4) is 0 Å². The van der Waals surface area contributed by atoms with E-state index >= 15 is 0 Å². The van der Waals surface area contributed by atoms with Gasteiger partial charge in [0, 0.05) is 35.7 Å². The first-order chi connectivity index (χ1) is 8.16. The van der Waals surface area contributed by atoms with Gasteiger partial charge in [-0.15, -0.1) is 0 Å². The highest BCUT2D eigenvalue weighted by atomic mass is 35.5. The molecular weight excluding hydrogens is 234 g/mol. The van der Waals surface area contributed by atoms with Crippen LogP contribution in [-0.4, -0.2) is 15.6 Å². The van der Waals surface area contributed by atoms with E-state index in [9.17, 15) is 0 Å². The molecule has 0 bridgehead atoms. The van der Waals surface area contributed by atoms with Crippen LogP contribution in [0.4, 0.5) is 0 Å². The normalized spacial score (nSPS) is 11.1. The van der Waals surface area contributed by atoms with Crippen molar-refractivity contribution in [2.75, 3.05) is 0 Å². The number of benzene rings is 1. The Bertz CT molecular complexity index is 477. The standard InChI is InChI=1S/C13H16ClN3/c1-10(2)16-8-11-3-4-12(7-13(11)14)17-6-5-15-9-17/h3-7,9-10,16H,8H2,1-2H3. The molecule has 0 aliphatic heterocycles. The molecule has 0 atom stereocenters. The zero-order chi connectivity index (χ0) is 12.3. The maximum absolute atomic E-state index is 6.26. The van der Waals surface area contributed by atoms with Gasteiger partial charge in [0.25, 0.3) is 0 Å². The fourth-order valence-electron chi connectivity index (χ4n) is 1.57. The van der Waals surface area contributed by atoms with Gasteiger partial charge < -0.3 is 9.88 Å². The summed E-state index contributed by atoms with van der Waals surface area (Å²) in [4.78, 5) is 4.02. The van der Waals surface area contributed by atoms with E-state index in [-0.39, 0.29) is 0 Å². The molecule has 4 heteroatoms. The Labute approximate surface area is 106 Å². The van der Waals surface area contributed by atoms with Crippen LogP contribution >= 0.6 is 11.6 Å². The summed E-state index contributed by atoms with van der Waals surface area (Å²) in [5.74, 6) is 0. The number of hydrogen-bond acceptors (Lipinski definition) is 2. The fraction of sp³-hybridized carbons (Fsp3) is 0.308. The van der Waals surface area contributed by atoms with Crippen molar-refractivity contribution in [1.29, 1.82) is 0 Å². The van der Waals surface area contributed by atoms with Crippen molar-refractivity contribution in [3.05, 3.63) is 47.5 Å². The minimum Gasteiger partial charge on any atom is -0.310 e. The van der Waals surface area contributed by atoms with E-state index in [2.05, 4.69) is 24.1 Å². The van der Waals surface area contributed by atoms with E-state index in [0.717, 1.165) is 22.8 Å². The Morgan fingerprint density at radius 2 is 2.24 bits per heavy atom. The number of nitrogens with zero attached hydrogens (tertiary/aromatic N) is 2. The van der Waals surface area contributed by atoms with Crippen molar-refractivity contribution in [3.63, 3.8) is 0 Å². The minimum absolute atomic E-state index is 0.458. The zero-order valence-corrected chi connectivity index (χ0v) is 10.8. The molecule has 1 aromatic heterocycles. The summed E-state index contributed by atoms with van der Waals surface area (Å²) in [7, 11) is 0. The summed E-state index contributed by atoms with van der Waals surface area (Å²) in [6.07, 6.45) is 5.41. The van der Waals surface area contributed by atoms with E-state index in [4.69, 9.17) is 11.6 Å². The maximum Gasteiger partial charge on any atom is 0.0991 e. The van der Waals surface area contributed by atoms with Crippen molar-refractivity contribution in [2.45, 2.75) is 26.4 Å². The molecule has 2 aromatic rings. The largest absolute Gasteiger partial charge is 0.310 e. The summed E-state index contributed by atoms with van der Waals surface area (Å²) >= 11 is 6.26. The molecule has 0 radical (unpaired) electrons. The van der Waals surface area contributed by atoms with Crippen LogP contribution in [-0.2, 0) is 6.54 Å². The van der Waals surface area contributed by atoms with Crippen molar-refractivity contribution in [3.8, 4) is 5.69 Å². The van der Waals surface area contributed by atoms with Gasteiger partial charge in [0.1, 0.15) is 0 Å². The smallest absolute Gasteiger partial charge is 0.0991 e. The predicted molar refractivity (Wildman–Crippen MR) is 70.5 cm³/mol. The number of aromatic nitrogens is 2. The molecule has 3 nitrogen and oxygen atoms in total. The van der Waals surface area contributed by atoms with Crippen LogP contribution in [0.5, 0.6) is 0 Å². The molecule has 90 valence electrons. The molecule has 1 aromatic carbocycles. The van der Waals surface area contributed by atoms with Crippen molar-refractivity contribution in [1.82, 2.24) is 14.9 Å². The highest BCUT2D eigenvalue weighted by molar-refractivity contribution is 6.31. The summed E-state index contributed by atoms with van der Waals surface area (Å²) in [5.41, 5.74) is 2.14. The first-order valence-electron chi connectivity index (χ1n) is 5.67. The second kappa shape index (κ2) is 5.34. The molecule has 0 amide bonds. The molecule has 0 fully saturated rings. The fourth-order valence-corrected chi connectivity index (χ4v) is 1.81. The zero-order valence-electron chi connectivity index (χ0n) is 10.0. The third-order valence-corrected chi connectivity index (χ3v) is 2.89. The van der Waals surface area contributed by atoms with Gasteiger partial charge in [-0.2, -0.15) is 0 Å². The number of hydrogen-bond donors (Lipinski definition) is 1. The third-order valence-electron chi connectivity index (χ3n) is 2.54. The maximum atomic E-state index is 6.26. The van der Waals surface area contributed by atoms with Crippen LogP contribution in [0.2, 0.25) is 5.02 Å². The lowest BCUT2D eigenvalue weighted by molar-refractivity contribution is 0.589. The van der Waals surface area contributed by atoms with Gasteiger partial charge in [-0.25, -0.2) is 4.98 Å². The first kappa shape index (κ1) is 12.1. The summed E-state index contributed by atoms with van der Waals surface area (Å²) in [5, 5.41) is 4.14. The monoisotopic (exact) mass is 249 g/mol. The quantitative estimate of drug-likeness (QED) is 0.903. The second-order valence-corrected chi connectivity index (χ2v) is 4.69. The van der Waals surface area contributed by atoms with Gasteiger partial charge in [-0.1, -0.05) is 31.5 Å². The minimum atomic E-state index is 0.458. The highest BCUT2D eigenvalue weighted by Crippen LogP contribution is 2.20. The van der Waals surface area contributed by atoms with E-state index in [1.165, 1.54) is 0 Å². The molecule has 0 aliphatic carbocycles. The van der Waals surface area contributed by atoms with Crippen LogP contribution in [0, 0.1) is 0 Å². The van der Waals surface area contributed by atoms with Gasteiger partial charge in [-0.3, -0.25) is 0 Å². The van der Waals surface area contributed by atoms with Gasteiger partial charge in [0.15, 0.2) is 0 Å². The molecule has 17 heavy (non-hydrogen) atoms. The lowest BCUT2D eigenvalue weighted by Crippen LogP contribution is -2.21. The van der Waals surface area contributed by atoms with Crippen LogP contribution in [0.25, 0.3) is 5.69 Å². The Balaban J connectivity index is 2.17. The molecule has 0 saturated heterocycles. The molecule has 0 spiro atoms. The van der Waals surface area contributed by atoms with Crippen molar-refractivity contribution < 1.29 is 0 Å². The van der Waals surface area contributed by atoms with E-state index in [1.54, 1.807) is 12.5 Å². The average Bonchev–Trinajstić information content (AvgIpc) is 2.80. The third kappa shape index (κ3) is 3.08. The molecular formula is C13H16ClN3. The van der Waals surface area contributed by atoms with Gasteiger partial charge >= 0.3 is 0 Å². The summed E-state index contributed by atoms with van der Waals surface area (Å²) in [6.45, 7) is 5.03. The second-order valence-electron chi connectivity index (χ2n) is 4.28. The Kier molecular flexibility index (Phi) is 3.82. The lowest BCUT2D eigenvalue weighted by atomic mass is 10.2. The summed E-state index contributed by atoms with van der Waals surface area (Å²) < 4.78 is 1.94. The van der Waals surface area contributed by atoms with Crippen molar-refractivity contribution >= 4 is 11.6 Å². The Morgan fingerprint density at radius 1 is 1.41 bits per heavy atom. The number of halogens is 1. The van der Waals surface area contributed by atoms with Crippen molar-refractivity contribution in [2.24, 2.45) is 0 Å². The predicted octanol–water partition coefficient (Wildman–Crippen LogP) is 3.02. The molecule has 1 heterocycles. The Morgan fingerprint density at radius 3 is 2.82 bits per heavy atom. The van der Waals surface area contributed by atoms with Crippen LogP contribution in [0.1, 0.15) is 19.4 Å². The van der Waals surface area contributed by atoms with Gasteiger partial charge in [-0.05, 0) is 17.7 Å². The number of nitrogens with one attached hydrogen (secondary N) is 1. The van der Waals surface area contributed by atoms with Crippen LogP contribution < -0.4 is 5.32 Å². The molecule has 0 unspecified atom stereocenters. The van der Waals surface area contributed by atoms with Gasteiger partial charge in [0.05, 0.1) is 6.33 Å². The van der Waals surface area contributed by atoms with E-state index < -0.39 is 0 Å². The Hall–Kier alpha value is -1.32. The molecule has 1 N–H and O–H groups in total. The molecule has 0 saturated carbocycles. The van der Waals surface area contributed by atoms with Gasteiger partial charge in [0.2, 0.25) is 0 Å². The number of rotatable bonds is 4.